The summed E-state index contributed by atoms with van der Waals surface area (Å²) in [5.41, 5.74) is 3.42. The van der Waals surface area contributed by atoms with Crippen LogP contribution in [0.1, 0.15) is 16.8 Å². The third-order valence-corrected chi connectivity index (χ3v) is 5.43. The summed E-state index contributed by atoms with van der Waals surface area (Å²) >= 11 is 0. The van der Waals surface area contributed by atoms with Crippen molar-refractivity contribution in [1.82, 2.24) is 14.5 Å². The van der Waals surface area contributed by atoms with Gasteiger partial charge in [-0.15, -0.1) is 0 Å². The lowest BCUT2D eigenvalue weighted by atomic mass is 10.1. The Morgan fingerprint density at radius 3 is 2.64 bits per heavy atom. The van der Waals surface area contributed by atoms with Crippen molar-refractivity contribution in [2.75, 3.05) is 0 Å². The molecule has 0 saturated heterocycles. The lowest BCUT2D eigenvalue weighted by Crippen LogP contribution is -2.22. The Kier molecular flexibility index (Phi) is 3.65. The van der Waals surface area contributed by atoms with Gasteiger partial charge in [0.1, 0.15) is 5.84 Å². The van der Waals surface area contributed by atoms with E-state index in [0.29, 0.717) is 17.9 Å². The molecule has 1 N–H and O–H groups in total. The normalized spacial score (nSPS) is 16.6. The van der Waals surface area contributed by atoms with Crippen LogP contribution in [0.4, 0.5) is 0 Å². The first-order valence-electron chi connectivity index (χ1n) is 7.82. The molecule has 0 bridgehead atoms. The molecule has 7 heteroatoms. The summed E-state index contributed by atoms with van der Waals surface area (Å²) in [5, 5.41) is 4.44. The van der Waals surface area contributed by atoms with E-state index >= 15 is 0 Å². The van der Waals surface area contributed by atoms with Crippen molar-refractivity contribution in [1.29, 1.82) is 0 Å². The Hall–Kier alpha value is -2.93. The molecule has 1 aliphatic heterocycles. The number of fused-ring (bicyclic) bond motifs is 1. The van der Waals surface area contributed by atoms with Gasteiger partial charge in [0, 0.05) is 11.8 Å². The van der Waals surface area contributed by atoms with Crippen LogP contribution in [-0.2, 0) is 16.6 Å². The predicted octanol–water partition coefficient (Wildman–Crippen LogP) is 2.42. The van der Waals surface area contributed by atoms with Gasteiger partial charge in [-0.05, 0) is 36.8 Å². The maximum absolute atomic E-state index is 12.2. The minimum Gasteiger partial charge on any atom is -0.263 e. The fourth-order valence-corrected chi connectivity index (χ4v) is 4.08. The Balaban J connectivity index is 1.70. The van der Waals surface area contributed by atoms with Crippen LogP contribution in [-0.4, -0.2) is 24.0 Å². The summed E-state index contributed by atoms with van der Waals surface area (Å²) in [6.07, 6.45) is 1.90. The van der Waals surface area contributed by atoms with Crippen LogP contribution in [0.5, 0.6) is 0 Å². The van der Waals surface area contributed by atoms with Gasteiger partial charge in [-0.3, -0.25) is 9.71 Å². The van der Waals surface area contributed by atoms with Gasteiger partial charge in [0.15, 0.2) is 0 Å². The maximum atomic E-state index is 12.2. The number of hydrogen-bond donors (Lipinski definition) is 1. The Morgan fingerprint density at radius 1 is 1.08 bits per heavy atom. The van der Waals surface area contributed by atoms with E-state index in [1.165, 1.54) is 0 Å². The van der Waals surface area contributed by atoms with E-state index in [4.69, 9.17) is 0 Å². The molecular weight excluding hydrogens is 336 g/mol. The van der Waals surface area contributed by atoms with E-state index in [-0.39, 0.29) is 4.90 Å². The summed E-state index contributed by atoms with van der Waals surface area (Å²) in [7, 11) is -3.52. The number of aliphatic imine (C=N–C) groups is 1. The molecule has 0 radical (unpaired) electrons. The molecular formula is C18H16N4O2S. The molecule has 0 spiro atoms. The summed E-state index contributed by atoms with van der Waals surface area (Å²) in [4.78, 5) is 4.78. The van der Waals surface area contributed by atoms with Crippen molar-refractivity contribution in [3.8, 4) is 5.69 Å². The predicted molar refractivity (Wildman–Crippen MR) is 95.3 cm³/mol. The quantitative estimate of drug-likeness (QED) is 0.786. The van der Waals surface area contributed by atoms with Crippen molar-refractivity contribution in [2.45, 2.75) is 18.4 Å². The Labute approximate surface area is 145 Å². The van der Waals surface area contributed by atoms with E-state index in [1.807, 2.05) is 43.5 Å². The second-order valence-electron chi connectivity index (χ2n) is 5.80. The number of aromatic nitrogens is 2. The zero-order valence-corrected chi connectivity index (χ0v) is 14.4. The third kappa shape index (κ3) is 2.83. The number of sulfonamides is 1. The van der Waals surface area contributed by atoms with Crippen molar-refractivity contribution in [3.05, 3.63) is 77.6 Å². The lowest BCUT2D eigenvalue weighted by molar-refractivity contribution is 0.595. The number of para-hydroxylation sites is 1. The van der Waals surface area contributed by atoms with Gasteiger partial charge in [0.25, 0.3) is 10.0 Å². The molecule has 0 amide bonds. The van der Waals surface area contributed by atoms with Gasteiger partial charge in [0.2, 0.25) is 0 Å². The fraction of sp³-hybridized carbons (Fsp3) is 0.111. The zero-order chi connectivity index (χ0) is 17.4. The highest BCUT2D eigenvalue weighted by Gasteiger charge is 2.30. The van der Waals surface area contributed by atoms with Gasteiger partial charge in [-0.1, -0.05) is 30.3 Å². The number of benzene rings is 2. The standard InChI is InChI=1S/C18H16N4O2S/c1-13-10-11-22(20-13)16-8-4-2-6-14(16)12-19-18-15-7-3-5-9-17(15)25(23,24)21-18/h2-11H,12H2,1H3,(H,19,21). The van der Waals surface area contributed by atoms with Crippen LogP contribution in [0.25, 0.3) is 5.69 Å². The van der Waals surface area contributed by atoms with E-state index in [1.54, 1.807) is 28.9 Å². The molecule has 0 saturated carbocycles. The summed E-state index contributed by atoms with van der Waals surface area (Å²) in [6, 6.07) is 16.6. The first-order valence-corrected chi connectivity index (χ1v) is 9.30. The highest BCUT2D eigenvalue weighted by Crippen LogP contribution is 2.23. The molecule has 2 aromatic carbocycles. The van der Waals surface area contributed by atoms with Crippen LogP contribution in [0.2, 0.25) is 0 Å². The van der Waals surface area contributed by atoms with Gasteiger partial charge in [-0.2, -0.15) is 5.10 Å². The van der Waals surface area contributed by atoms with Crippen LogP contribution in [0.15, 0.2) is 70.7 Å². The molecule has 0 unspecified atom stereocenters. The number of nitrogens with zero attached hydrogens (tertiary/aromatic N) is 3. The highest BCUT2D eigenvalue weighted by molar-refractivity contribution is 7.90. The molecule has 126 valence electrons. The summed E-state index contributed by atoms with van der Waals surface area (Å²) in [6.45, 7) is 2.28. The topological polar surface area (TPSA) is 76.3 Å². The van der Waals surface area contributed by atoms with Gasteiger partial charge in [0.05, 0.1) is 22.8 Å². The molecule has 0 atom stereocenters. The number of amidine groups is 1. The van der Waals surface area contributed by atoms with E-state index in [9.17, 15) is 8.42 Å². The molecule has 3 aromatic rings. The second kappa shape index (κ2) is 5.86. The van der Waals surface area contributed by atoms with Crippen molar-refractivity contribution in [2.24, 2.45) is 4.99 Å². The average Bonchev–Trinajstić information content (AvgIpc) is 3.15. The van der Waals surface area contributed by atoms with Gasteiger partial charge in [-0.25, -0.2) is 13.1 Å². The molecule has 4 rings (SSSR count). The highest BCUT2D eigenvalue weighted by atomic mass is 32.2. The largest absolute Gasteiger partial charge is 0.263 e. The number of rotatable bonds is 3. The molecule has 6 nitrogen and oxygen atoms in total. The number of aryl methyl sites for hydroxylation is 1. The smallest absolute Gasteiger partial charge is 0.263 e. The Bertz CT molecular complexity index is 1080. The molecule has 25 heavy (non-hydrogen) atoms. The summed E-state index contributed by atoms with van der Waals surface area (Å²) < 4.78 is 28.7. The molecule has 0 fully saturated rings. The Morgan fingerprint density at radius 2 is 1.84 bits per heavy atom. The second-order valence-corrected chi connectivity index (χ2v) is 7.45. The average molecular weight is 352 g/mol. The van der Waals surface area contributed by atoms with Crippen LogP contribution in [0, 0.1) is 6.92 Å². The van der Waals surface area contributed by atoms with Crippen molar-refractivity contribution >= 4 is 15.9 Å². The van der Waals surface area contributed by atoms with Crippen molar-refractivity contribution in [3.63, 3.8) is 0 Å². The summed E-state index contributed by atoms with van der Waals surface area (Å²) in [5.74, 6) is 0.377. The van der Waals surface area contributed by atoms with E-state index < -0.39 is 10.0 Å². The fourth-order valence-electron chi connectivity index (χ4n) is 2.83. The lowest BCUT2D eigenvalue weighted by Gasteiger charge is -2.08. The molecule has 1 aromatic heterocycles. The molecule has 2 heterocycles. The van der Waals surface area contributed by atoms with Crippen LogP contribution < -0.4 is 4.72 Å². The van der Waals surface area contributed by atoms with E-state index in [2.05, 4.69) is 14.8 Å². The van der Waals surface area contributed by atoms with Crippen LogP contribution in [0.3, 0.4) is 0 Å². The molecule has 1 aliphatic rings. The van der Waals surface area contributed by atoms with Crippen LogP contribution >= 0.6 is 0 Å². The minimum absolute atomic E-state index is 0.268. The third-order valence-electron chi connectivity index (χ3n) is 4.03. The number of nitrogens with one attached hydrogen (secondary N) is 1. The first-order chi connectivity index (χ1) is 12.0. The zero-order valence-electron chi connectivity index (χ0n) is 13.5. The molecule has 0 aliphatic carbocycles. The first kappa shape index (κ1) is 15.6. The monoisotopic (exact) mass is 352 g/mol. The SMILES string of the molecule is Cc1ccn(-c2ccccc2CN=C2NS(=O)(=O)c3ccccc32)n1. The minimum atomic E-state index is -3.52. The van der Waals surface area contributed by atoms with Gasteiger partial charge >= 0.3 is 0 Å². The van der Waals surface area contributed by atoms with Crippen molar-refractivity contribution < 1.29 is 8.42 Å². The van der Waals surface area contributed by atoms with E-state index in [0.717, 1.165) is 16.9 Å². The number of hydrogen-bond acceptors (Lipinski definition) is 4. The maximum Gasteiger partial charge on any atom is 0.263 e. The van der Waals surface area contributed by atoms with Gasteiger partial charge < -0.3 is 0 Å².